The quantitative estimate of drug-likeness (QED) is 0.664. The molecule has 0 bridgehead atoms. The minimum atomic E-state index is -0.378. The van der Waals surface area contributed by atoms with Crippen molar-refractivity contribution in [3.05, 3.63) is 33.1 Å². The fraction of sp³-hybridized carbons (Fsp3) is 0.538. The molecule has 0 aliphatic carbocycles. The zero-order valence-electron chi connectivity index (χ0n) is 11.1. The predicted molar refractivity (Wildman–Crippen MR) is 69.8 cm³/mol. The van der Waals surface area contributed by atoms with E-state index >= 15 is 0 Å². The zero-order chi connectivity index (χ0) is 14.0. The Hall–Kier alpha value is -1.98. The molecule has 1 aliphatic rings. The number of hydrogen-bond donors (Lipinski definition) is 1. The fourth-order valence-corrected chi connectivity index (χ4v) is 2.52. The van der Waals surface area contributed by atoms with Crippen LogP contribution < -0.4 is 5.32 Å². The molecule has 1 amide bonds. The molecule has 102 valence electrons. The maximum absolute atomic E-state index is 11.7. The molecule has 1 aromatic rings. The number of carbonyl (C=O) groups is 1. The third-order valence-corrected chi connectivity index (χ3v) is 3.60. The number of aryl methyl sites for hydroxylation is 1. The van der Waals surface area contributed by atoms with Crippen LogP contribution in [0, 0.1) is 29.9 Å². The van der Waals surface area contributed by atoms with Crippen molar-refractivity contribution >= 4 is 11.6 Å². The highest BCUT2D eigenvalue weighted by Gasteiger charge is 2.26. The summed E-state index contributed by atoms with van der Waals surface area (Å²) in [7, 11) is 0. The lowest BCUT2D eigenvalue weighted by Gasteiger charge is -2.22. The van der Waals surface area contributed by atoms with Crippen molar-refractivity contribution in [2.75, 3.05) is 6.54 Å². The first-order valence-electron chi connectivity index (χ1n) is 6.38. The maximum atomic E-state index is 11.7. The summed E-state index contributed by atoms with van der Waals surface area (Å²) in [6.07, 6.45) is 3.75. The first-order valence-corrected chi connectivity index (χ1v) is 6.38. The minimum Gasteiger partial charge on any atom is -0.356 e. The third-order valence-electron chi connectivity index (χ3n) is 3.60. The van der Waals surface area contributed by atoms with E-state index in [9.17, 15) is 14.9 Å². The summed E-state index contributed by atoms with van der Waals surface area (Å²) in [4.78, 5) is 26.7. The van der Waals surface area contributed by atoms with Crippen LogP contribution in [0.2, 0.25) is 0 Å². The number of nitro groups is 1. The molecule has 0 radical (unpaired) electrons. The number of nitrogens with zero attached hydrogens (tertiary/aromatic N) is 2. The smallest absolute Gasteiger partial charge is 0.278 e. The van der Waals surface area contributed by atoms with E-state index in [4.69, 9.17) is 0 Å². The first kappa shape index (κ1) is 13.5. The van der Waals surface area contributed by atoms with Gasteiger partial charge >= 0.3 is 0 Å². The normalized spacial score (nSPS) is 19.1. The molecule has 1 aromatic heterocycles. The van der Waals surface area contributed by atoms with Crippen molar-refractivity contribution in [2.45, 2.75) is 33.1 Å². The Labute approximate surface area is 111 Å². The lowest BCUT2D eigenvalue weighted by molar-refractivity contribution is -0.386. The number of hydrogen-bond acceptors (Lipinski definition) is 4. The summed E-state index contributed by atoms with van der Waals surface area (Å²) in [5.41, 5.74) is 1.89. The summed E-state index contributed by atoms with van der Waals surface area (Å²) in [5.74, 6) is -0.0991. The molecule has 1 aliphatic heterocycles. The molecular weight excluding hydrogens is 246 g/mol. The van der Waals surface area contributed by atoms with Crippen LogP contribution in [0.1, 0.15) is 29.7 Å². The van der Waals surface area contributed by atoms with Crippen LogP contribution in [0.15, 0.2) is 6.20 Å². The third kappa shape index (κ3) is 2.72. The van der Waals surface area contributed by atoms with Crippen molar-refractivity contribution in [2.24, 2.45) is 5.92 Å². The topological polar surface area (TPSA) is 85.1 Å². The minimum absolute atomic E-state index is 0.0238. The highest BCUT2D eigenvalue weighted by atomic mass is 16.6. The second-order valence-electron chi connectivity index (χ2n) is 4.95. The van der Waals surface area contributed by atoms with Crippen LogP contribution in [0.5, 0.6) is 0 Å². The second-order valence-corrected chi connectivity index (χ2v) is 4.95. The van der Waals surface area contributed by atoms with E-state index in [1.54, 1.807) is 13.8 Å². The molecule has 2 heterocycles. The van der Waals surface area contributed by atoms with Gasteiger partial charge in [-0.15, -0.1) is 0 Å². The van der Waals surface area contributed by atoms with E-state index in [1.807, 2.05) is 0 Å². The van der Waals surface area contributed by atoms with E-state index in [2.05, 4.69) is 10.3 Å². The molecule has 1 saturated heterocycles. The Kier molecular flexibility index (Phi) is 3.78. The molecule has 1 unspecified atom stereocenters. The summed E-state index contributed by atoms with van der Waals surface area (Å²) < 4.78 is 0. The van der Waals surface area contributed by atoms with Crippen LogP contribution >= 0.6 is 0 Å². The lowest BCUT2D eigenvalue weighted by atomic mass is 9.91. The molecule has 0 aromatic carbocycles. The van der Waals surface area contributed by atoms with Gasteiger partial charge in [0, 0.05) is 36.2 Å². The first-order chi connectivity index (χ1) is 9.00. The largest absolute Gasteiger partial charge is 0.356 e. The molecule has 6 heteroatoms. The van der Waals surface area contributed by atoms with Crippen molar-refractivity contribution in [1.29, 1.82) is 0 Å². The summed E-state index contributed by atoms with van der Waals surface area (Å²) in [6, 6.07) is 0. The Bertz CT molecular complexity index is 528. The van der Waals surface area contributed by atoms with Gasteiger partial charge in [0.25, 0.3) is 5.69 Å². The van der Waals surface area contributed by atoms with E-state index in [0.717, 1.165) is 19.4 Å². The van der Waals surface area contributed by atoms with Gasteiger partial charge in [-0.25, -0.2) is 0 Å². The van der Waals surface area contributed by atoms with Gasteiger partial charge in [-0.1, -0.05) is 0 Å². The van der Waals surface area contributed by atoms with E-state index in [-0.39, 0.29) is 22.4 Å². The summed E-state index contributed by atoms with van der Waals surface area (Å²) in [5, 5.41) is 13.9. The molecule has 0 spiro atoms. The SMILES string of the molecule is Cc1cnc(CC2CCCNC2=O)c(C)c1[N+](=O)[O-]. The Morgan fingerprint density at radius 3 is 2.89 bits per heavy atom. The highest BCUT2D eigenvalue weighted by Crippen LogP contribution is 2.26. The van der Waals surface area contributed by atoms with Crippen LogP contribution in [0.3, 0.4) is 0 Å². The van der Waals surface area contributed by atoms with E-state index < -0.39 is 0 Å². The van der Waals surface area contributed by atoms with Gasteiger partial charge in [0.05, 0.1) is 10.6 Å². The summed E-state index contributed by atoms with van der Waals surface area (Å²) in [6.45, 7) is 4.10. The molecule has 1 N–H and O–H groups in total. The zero-order valence-corrected chi connectivity index (χ0v) is 11.1. The average Bonchev–Trinajstić information content (AvgIpc) is 2.35. The average molecular weight is 263 g/mol. The maximum Gasteiger partial charge on any atom is 0.278 e. The Morgan fingerprint density at radius 2 is 2.26 bits per heavy atom. The van der Waals surface area contributed by atoms with Gasteiger partial charge in [0.15, 0.2) is 0 Å². The van der Waals surface area contributed by atoms with Gasteiger partial charge in [0.1, 0.15) is 0 Å². The van der Waals surface area contributed by atoms with E-state index in [1.165, 1.54) is 6.20 Å². The molecule has 19 heavy (non-hydrogen) atoms. The Morgan fingerprint density at radius 1 is 1.53 bits per heavy atom. The van der Waals surface area contributed by atoms with Crippen LogP contribution in [0.4, 0.5) is 5.69 Å². The van der Waals surface area contributed by atoms with Crippen molar-refractivity contribution in [1.82, 2.24) is 10.3 Å². The number of carbonyl (C=O) groups excluding carboxylic acids is 1. The highest BCUT2D eigenvalue weighted by molar-refractivity contribution is 5.79. The monoisotopic (exact) mass is 263 g/mol. The molecular formula is C13H17N3O3. The van der Waals surface area contributed by atoms with Gasteiger partial charge in [-0.3, -0.25) is 19.9 Å². The van der Waals surface area contributed by atoms with Crippen molar-refractivity contribution in [3.63, 3.8) is 0 Å². The number of aromatic nitrogens is 1. The standard InChI is InChI=1S/C13H17N3O3/c1-8-7-15-11(9(2)12(8)16(18)19)6-10-4-3-5-14-13(10)17/h7,10H,3-6H2,1-2H3,(H,14,17). The van der Waals surface area contributed by atoms with Crippen molar-refractivity contribution < 1.29 is 9.72 Å². The molecule has 2 rings (SSSR count). The number of pyridine rings is 1. The lowest BCUT2D eigenvalue weighted by Crippen LogP contribution is -2.37. The van der Waals surface area contributed by atoms with Crippen LogP contribution in [-0.2, 0) is 11.2 Å². The molecule has 1 fully saturated rings. The van der Waals surface area contributed by atoms with E-state index in [0.29, 0.717) is 23.2 Å². The second kappa shape index (κ2) is 5.34. The van der Waals surface area contributed by atoms with Crippen molar-refractivity contribution in [3.8, 4) is 0 Å². The van der Waals surface area contributed by atoms with Gasteiger partial charge in [0.2, 0.25) is 5.91 Å². The number of piperidine rings is 1. The summed E-state index contributed by atoms with van der Waals surface area (Å²) >= 11 is 0. The van der Waals surface area contributed by atoms with Crippen LogP contribution in [0.25, 0.3) is 0 Å². The predicted octanol–water partition coefficient (Wildman–Crippen LogP) is 1.68. The number of nitrogens with one attached hydrogen (secondary N) is 1. The Balaban J connectivity index is 2.28. The number of amides is 1. The van der Waals surface area contributed by atoms with Crippen LogP contribution in [-0.4, -0.2) is 22.4 Å². The molecule has 1 atom stereocenters. The number of rotatable bonds is 3. The molecule has 6 nitrogen and oxygen atoms in total. The van der Waals surface area contributed by atoms with Gasteiger partial charge in [-0.2, -0.15) is 0 Å². The molecule has 0 saturated carbocycles. The van der Waals surface area contributed by atoms with Gasteiger partial charge < -0.3 is 5.32 Å². The fourth-order valence-electron chi connectivity index (χ4n) is 2.52. The van der Waals surface area contributed by atoms with Gasteiger partial charge in [-0.05, 0) is 26.7 Å².